The van der Waals surface area contributed by atoms with Crippen LogP contribution in [0.4, 0.5) is 0 Å². The Morgan fingerprint density at radius 1 is 1.00 bits per heavy atom. The minimum absolute atomic E-state index is 0.0101. The predicted molar refractivity (Wildman–Crippen MR) is 117 cm³/mol. The van der Waals surface area contributed by atoms with Crippen molar-refractivity contribution in [1.29, 1.82) is 0 Å². The molecule has 31 heavy (non-hydrogen) atoms. The van der Waals surface area contributed by atoms with Crippen LogP contribution in [0.3, 0.4) is 0 Å². The van der Waals surface area contributed by atoms with E-state index in [1.165, 1.54) is 0 Å². The second kappa shape index (κ2) is 9.10. The quantitative estimate of drug-likeness (QED) is 0.703. The molecule has 0 saturated carbocycles. The van der Waals surface area contributed by atoms with E-state index in [1.807, 2.05) is 31.2 Å². The van der Waals surface area contributed by atoms with Crippen LogP contribution in [0.5, 0.6) is 0 Å². The molecule has 168 valence electrons. The first-order valence-electron chi connectivity index (χ1n) is 10.9. The number of carbonyl (C=O) groups excluding carboxylic acids is 1. The summed E-state index contributed by atoms with van der Waals surface area (Å²) in [4.78, 5) is 14.7. The van der Waals surface area contributed by atoms with Crippen LogP contribution in [0.25, 0.3) is 0 Å². The molecule has 1 aromatic heterocycles. The number of aryl methyl sites for hydroxylation is 1. The number of morpholine rings is 1. The van der Waals surface area contributed by atoms with Crippen molar-refractivity contribution in [3.63, 3.8) is 0 Å². The van der Waals surface area contributed by atoms with Crippen LogP contribution in [0.2, 0.25) is 0 Å². The standard InChI is InChI=1S/C22H30N4O4S/c1-17-21(31(28,29)25-10-4-3-5-11-25)18(2)26(23-17)16-19-6-8-20(9-7-19)22(27)24-12-14-30-15-13-24/h6-9H,3-5,10-16H2,1-2H3. The molecule has 0 unspecified atom stereocenters. The second-order valence-corrected chi connectivity index (χ2v) is 10.1. The highest BCUT2D eigenvalue weighted by atomic mass is 32.2. The highest BCUT2D eigenvalue weighted by Crippen LogP contribution is 2.26. The molecule has 4 rings (SSSR count). The first kappa shape index (κ1) is 22.0. The Balaban J connectivity index is 1.51. The van der Waals surface area contributed by atoms with Crippen LogP contribution in [-0.2, 0) is 21.3 Å². The van der Waals surface area contributed by atoms with Crippen molar-refractivity contribution in [3.8, 4) is 0 Å². The fourth-order valence-electron chi connectivity index (χ4n) is 4.32. The molecule has 8 nitrogen and oxygen atoms in total. The zero-order valence-corrected chi connectivity index (χ0v) is 19.0. The predicted octanol–water partition coefficient (Wildman–Crippen LogP) is 2.20. The van der Waals surface area contributed by atoms with Crippen molar-refractivity contribution in [2.24, 2.45) is 0 Å². The number of hydrogen-bond acceptors (Lipinski definition) is 5. The number of hydrogen-bond donors (Lipinski definition) is 0. The molecule has 0 radical (unpaired) electrons. The van der Waals surface area contributed by atoms with Crippen molar-refractivity contribution in [3.05, 3.63) is 46.8 Å². The zero-order chi connectivity index (χ0) is 22.0. The van der Waals surface area contributed by atoms with Crippen molar-refractivity contribution >= 4 is 15.9 Å². The molecule has 0 spiro atoms. The summed E-state index contributed by atoms with van der Waals surface area (Å²) in [6, 6.07) is 7.46. The monoisotopic (exact) mass is 446 g/mol. The molecule has 2 aliphatic heterocycles. The van der Waals surface area contributed by atoms with Gasteiger partial charge >= 0.3 is 0 Å². The Hall–Kier alpha value is -2.23. The number of sulfonamides is 1. The minimum Gasteiger partial charge on any atom is -0.378 e. The molecule has 0 aliphatic carbocycles. The number of ether oxygens (including phenoxy) is 1. The van der Waals surface area contributed by atoms with E-state index in [0.717, 1.165) is 24.8 Å². The van der Waals surface area contributed by atoms with Gasteiger partial charge in [-0.05, 0) is 44.4 Å². The van der Waals surface area contributed by atoms with Gasteiger partial charge in [-0.15, -0.1) is 0 Å². The maximum atomic E-state index is 13.2. The Morgan fingerprint density at radius 2 is 1.65 bits per heavy atom. The first-order chi connectivity index (χ1) is 14.9. The molecule has 2 saturated heterocycles. The lowest BCUT2D eigenvalue weighted by Crippen LogP contribution is -2.40. The molecular weight excluding hydrogens is 416 g/mol. The summed E-state index contributed by atoms with van der Waals surface area (Å²) in [5, 5.41) is 4.52. The SMILES string of the molecule is Cc1nn(Cc2ccc(C(=O)N3CCOCC3)cc2)c(C)c1S(=O)(=O)N1CCCCC1. The minimum atomic E-state index is -3.54. The largest absolute Gasteiger partial charge is 0.378 e. The molecule has 0 N–H and O–H groups in total. The van der Waals surface area contributed by atoms with Gasteiger partial charge in [-0.1, -0.05) is 18.6 Å². The third-order valence-electron chi connectivity index (χ3n) is 6.06. The average Bonchev–Trinajstić information content (AvgIpc) is 3.08. The molecular formula is C22H30N4O4S. The van der Waals surface area contributed by atoms with E-state index in [2.05, 4.69) is 5.10 Å². The molecule has 0 atom stereocenters. The van der Waals surface area contributed by atoms with Gasteiger partial charge in [0.2, 0.25) is 10.0 Å². The number of rotatable bonds is 5. The van der Waals surface area contributed by atoms with Gasteiger partial charge in [0, 0.05) is 31.7 Å². The van der Waals surface area contributed by atoms with E-state index in [9.17, 15) is 13.2 Å². The van der Waals surface area contributed by atoms with Gasteiger partial charge in [0.05, 0.1) is 31.1 Å². The van der Waals surface area contributed by atoms with E-state index >= 15 is 0 Å². The number of nitrogens with zero attached hydrogens (tertiary/aromatic N) is 4. The normalized spacial score (nSPS) is 18.3. The third-order valence-corrected chi connectivity index (χ3v) is 8.21. The number of piperidine rings is 1. The highest BCUT2D eigenvalue weighted by molar-refractivity contribution is 7.89. The summed E-state index contributed by atoms with van der Waals surface area (Å²) < 4.78 is 35.0. The summed E-state index contributed by atoms with van der Waals surface area (Å²) in [5.74, 6) is 0.0101. The first-order valence-corrected chi connectivity index (χ1v) is 12.3. The summed E-state index contributed by atoms with van der Waals surface area (Å²) in [6.07, 6.45) is 2.88. The Labute approximate surface area is 183 Å². The molecule has 0 bridgehead atoms. The summed E-state index contributed by atoms with van der Waals surface area (Å²) in [7, 11) is -3.54. The Morgan fingerprint density at radius 3 is 2.29 bits per heavy atom. The van der Waals surface area contributed by atoms with Crippen LogP contribution in [0, 0.1) is 13.8 Å². The third kappa shape index (κ3) is 4.53. The lowest BCUT2D eigenvalue weighted by molar-refractivity contribution is 0.0303. The van der Waals surface area contributed by atoms with Gasteiger partial charge < -0.3 is 9.64 Å². The molecule has 3 heterocycles. The van der Waals surface area contributed by atoms with Crippen molar-refractivity contribution < 1.29 is 17.9 Å². The second-order valence-electron chi connectivity index (χ2n) is 8.22. The summed E-state index contributed by atoms with van der Waals surface area (Å²) >= 11 is 0. The molecule has 2 fully saturated rings. The van der Waals surface area contributed by atoms with Crippen LogP contribution in [0.15, 0.2) is 29.2 Å². The van der Waals surface area contributed by atoms with E-state index in [4.69, 9.17) is 4.74 Å². The summed E-state index contributed by atoms with van der Waals surface area (Å²) in [5.41, 5.74) is 2.79. The molecule has 1 amide bonds. The van der Waals surface area contributed by atoms with Crippen LogP contribution >= 0.6 is 0 Å². The van der Waals surface area contributed by atoms with Gasteiger partial charge in [-0.25, -0.2) is 8.42 Å². The van der Waals surface area contributed by atoms with Crippen molar-refractivity contribution in [1.82, 2.24) is 19.0 Å². The lowest BCUT2D eigenvalue weighted by Gasteiger charge is -2.26. The van der Waals surface area contributed by atoms with Gasteiger partial charge in [0.15, 0.2) is 0 Å². The Bertz CT molecular complexity index is 1030. The Kier molecular flexibility index (Phi) is 6.45. The number of carbonyl (C=O) groups is 1. The van der Waals surface area contributed by atoms with Crippen LogP contribution in [0.1, 0.15) is 46.6 Å². The molecule has 2 aromatic rings. The molecule has 9 heteroatoms. The number of amides is 1. The highest BCUT2D eigenvalue weighted by Gasteiger charge is 2.31. The fourth-order valence-corrected chi connectivity index (χ4v) is 6.21. The van der Waals surface area contributed by atoms with E-state index in [-0.39, 0.29) is 5.91 Å². The maximum absolute atomic E-state index is 13.2. The van der Waals surface area contributed by atoms with Gasteiger partial charge in [0.25, 0.3) is 5.91 Å². The van der Waals surface area contributed by atoms with E-state index in [1.54, 1.807) is 20.8 Å². The molecule has 2 aliphatic rings. The summed E-state index contributed by atoms with van der Waals surface area (Å²) in [6.45, 7) is 7.54. The average molecular weight is 447 g/mol. The zero-order valence-electron chi connectivity index (χ0n) is 18.2. The van der Waals surface area contributed by atoms with Crippen molar-refractivity contribution in [2.75, 3.05) is 39.4 Å². The maximum Gasteiger partial charge on any atom is 0.254 e. The van der Waals surface area contributed by atoms with Gasteiger partial charge in [-0.3, -0.25) is 9.48 Å². The van der Waals surface area contributed by atoms with Crippen molar-refractivity contribution in [2.45, 2.75) is 44.6 Å². The van der Waals surface area contributed by atoms with E-state index < -0.39 is 10.0 Å². The van der Waals surface area contributed by atoms with Gasteiger partial charge in [0.1, 0.15) is 4.90 Å². The van der Waals surface area contributed by atoms with Crippen LogP contribution in [-0.4, -0.2) is 72.7 Å². The topological polar surface area (TPSA) is 84.7 Å². The van der Waals surface area contributed by atoms with Gasteiger partial charge in [-0.2, -0.15) is 9.40 Å². The molecule has 1 aromatic carbocycles. The number of aromatic nitrogens is 2. The van der Waals surface area contributed by atoms with E-state index in [0.29, 0.717) is 67.8 Å². The fraction of sp³-hybridized carbons (Fsp3) is 0.545. The number of benzene rings is 1. The smallest absolute Gasteiger partial charge is 0.254 e. The lowest BCUT2D eigenvalue weighted by atomic mass is 10.1. The van der Waals surface area contributed by atoms with Crippen LogP contribution < -0.4 is 0 Å².